The van der Waals surface area contributed by atoms with E-state index in [2.05, 4.69) is 36.3 Å². The van der Waals surface area contributed by atoms with Gasteiger partial charge in [-0.05, 0) is 46.7 Å². The first-order chi connectivity index (χ1) is 6.94. The molecule has 4 nitrogen and oxygen atoms in total. The Hall–Kier alpha value is -0.610. The summed E-state index contributed by atoms with van der Waals surface area (Å²) in [4.78, 5) is 13.9. The average molecular weight is 211 g/mol. The summed E-state index contributed by atoms with van der Waals surface area (Å²) in [6.07, 6.45) is 2.02. The highest BCUT2D eigenvalue weighted by Gasteiger charge is 2.49. The highest BCUT2D eigenvalue weighted by Crippen LogP contribution is 2.33. The molecule has 0 atom stereocenters. The van der Waals surface area contributed by atoms with Crippen LogP contribution < -0.4 is 10.6 Å². The Labute approximate surface area is 91.4 Å². The molecule has 0 unspecified atom stereocenters. The number of piperidine rings is 1. The van der Waals surface area contributed by atoms with E-state index in [4.69, 9.17) is 0 Å². The van der Waals surface area contributed by atoms with Crippen LogP contribution in [0.4, 0.5) is 0 Å². The normalized spacial score (nSPS) is 27.0. The standard InChI is InChI=1S/C11H21N3O/c1-10(2,3)14-8-9(15)13-11(14)4-6-12-7-5-11/h12H,4-8H2,1-3H3,(H,13,15). The number of hydrogen-bond donors (Lipinski definition) is 2. The lowest BCUT2D eigenvalue weighted by molar-refractivity contribution is -0.119. The highest BCUT2D eigenvalue weighted by atomic mass is 16.2. The fraction of sp³-hybridized carbons (Fsp3) is 0.909. The molecule has 0 bridgehead atoms. The molecule has 2 aliphatic heterocycles. The molecular weight excluding hydrogens is 190 g/mol. The summed E-state index contributed by atoms with van der Waals surface area (Å²) in [5, 5.41) is 6.52. The van der Waals surface area contributed by atoms with E-state index in [0.717, 1.165) is 25.9 Å². The zero-order chi connectivity index (χ0) is 11.1. The van der Waals surface area contributed by atoms with Crippen molar-refractivity contribution < 1.29 is 4.79 Å². The molecule has 1 spiro atoms. The number of hydrogen-bond acceptors (Lipinski definition) is 3. The fourth-order valence-corrected chi connectivity index (χ4v) is 2.78. The molecule has 2 heterocycles. The van der Waals surface area contributed by atoms with Crippen molar-refractivity contribution in [2.24, 2.45) is 0 Å². The third-order valence-electron chi connectivity index (χ3n) is 3.43. The molecule has 2 aliphatic rings. The van der Waals surface area contributed by atoms with Crippen molar-refractivity contribution in [3.8, 4) is 0 Å². The van der Waals surface area contributed by atoms with Crippen LogP contribution in [0.2, 0.25) is 0 Å². The molecule has 2 rings (SSSR count). The molecule has 86 valence electrons. The predicted octanol–water partition coefficient (Wildman–Crippen LogP) is 0.296. The number of nitrogens with one attached hydrogen (secondary N) is 2. The number of carbonyl (C=O) groups is 1. The lowest BCUT2D eigenvalue weighted by Gasteiger charge is -2.47. The van der Waals surface area contributed by atoms with Gasteiger partial charge in [0.05, 0.1) is 12.2 Å². The molecule has 2 saturated heterocycles. The van der Waals surface area contributed by atoms with Crippen LogP contribution in [0.25, 0.3) is 0 Å². The maximum absolute atomic E-state index is 11.6. The lowest BCUT2D eigenvalue weighted by Crippen LogP contribution is -2.62. The summed E-state index contributed by atoms with van der Waals surface area (Å²) in [6.45, 7) is 9.06. The summed E-state index contributed by atoms with van der Waals surface area (Å²) in [5.41, 5.74) is -0.0307. The van der Waals surface area contributed by atoms with E-state index in [-0.39, 0.29) is 17.1 Å². The second-order valence-electron chi connectivity index (χ2n) is 5.59. The largest absolute Gasteiger partial charge is 0.337 e. The van der Waals surface area contributed by atoms with Gasteiger partial charge in [-0.3, -0.25) is 9.69 Å². The highest BCUT2D eigenvalue weighted by molar-refractivity contribution is 5.81. The average Bonchev–Trinajstić information content (AvgIpc) is 2.43. The van der Waals surface area contributed by atoms with Crippen molar-refractivity contribution in [1.29, 1.82) is 0 Å². The van der Waals surface area contributed by atoms with Gasteiger partial charge in [0.2, 0.25) is 5.91 Å². The van der Waals surface area contributed by atoms with Gasteiger partial charge >= 0.3 is 0 Å². The van der Waals surface area contributed by atoms with E-state index < -0.39 is 0 Å². The van der Waals surface area contributed by atoms with Crippen molar-refractivity contribution in [2.75, 3.05) is 19.6 Å². The molecule has 2 fully saturated rings. The Kier molecular flexibility index (Phi) is 2.51. The van der Waals surface area contributed by atoms with Gasteiger partial charge in [-0.2, -0.15) is 0 Å². The Morgan fingerprint density at radius 3 is 2.40 bits per heavy atom. The molecule has 0 saturated carbocycles. The van der Waals surface area contributed by atoms with Crippen LogP contribution in [-0.2, 0) is 4.79 Å². The van der Waals surface area contributed by atoms with Gasteiger partial charge in [0.15, 0.2) is 0 Å². The summed E-state index contributed by atoms with van der Waals surface area (Å²) in [6, 6.07) is 0. The SMILES string of the molecule is CC(C)(C)N1CC(=O)NC12CCNCC2. The van der Waals surface area contributed by atoms with Crippen LogP contribution in [-0.4, -0.2) is 41.6 Å². The molecule has 1 amide bonds. The van der Waals surface area contributed by atoms with Crippen LogP contribution in [0.5, 0.6) is 0 Å². The molecule has 0 aromatic heterocycles. The fourth-order valence-electron chi connectivity index (χ4n) is 2.78. The molecule has 0 aromatic carbocycles. The zero-order valence-electron chi connectivity index (χ0n) is 9.89. The third-order valence-corrected chi connectivity index (χ3v) is 3.43. The van der Waals surface area contributed by atoms with Crippen LogP contribution in [0, 0.1) is 0 Å². The molecule has 0 aromatic rings. The van der Waals surface area contributed by atoms with Crippen LogP contribution in [0.3, 0.4) is 0 Å². The van der Waals surface area contributed by atoms with Crippen molar-refractivity contribution >= 4 is 5.91 Å². The van der Waals surface area contributed by atoms with E-state index >= 15 is 0 Å². The van der Waals surface area contributed by atoms with Gasteiger partial charge in [-0.15, -0.1) is 0 Å². The minimum Gasteiger partial charge on any atom is -0.337 e. The van der Waals surface area contributed by atoms with Crippen LogP contribution in [0.15, 0.2) is 0 Å². The Bertz CT molecular complexity index is 263. The number of rotatable bonds is 0. The van der Waals surface area contributed by atoms with E-state index in [9.17, 15) is 4.79 Å². The topological polar surface area (TPSA) is 44.4 Å². The van der Waals surface area contributed by atoms with E-state index in [1.807, 2.05) is 0 Å². The van der Waals surface area contributed by atoms with Crippen molar-refractivity contribution in [2.45, 2.75) is 44.8 Å². The molecule has 0 radical (unpaired) electrons. The first kappa shape index (κ1) is 10.9. The van der Waals surface area contributed by atoms with Crippen molar-refractivity contribution in [3.05, 3.63) is 0 Å². The van der Waals surface area contributed by atoms with Gasteiger partial charge in [0.1, 0.15) is 0 Å². The maximum atomic E-state index is 11.6. The van der Waals surface area contributed by atoms with E-state index in [1.54, 1.807) is 0 Å². The smallest absolute Gasteiger partial charge is 0.235 e. The molecular formula is C11H21N3O. The van der Waals surface area contributed by atoms with Crippen LogP contribution >= 0.6 is 0 Å². The first-order valence-electron chi connectivity index (χ1n) is 5.74. The molecule has 2 N–H and O–H groups in total. The Morgan fingerprint density at radius 2 is 1.87 bits per heavy atom. The zero-order valence-corrected chi connectivity index (χ0v) is 9.89. The quantitative estimate of drug-likeness (QED) is 0.605. The maximum Gasteiger partial charge on any atom is 0.235 e. The van der Waals surface area contributed by atoms with Gasteiger partial charge in [0.25, 0.3) is 0 Å². The number of nitrogens with zero attached hydrogens (tertiary/aromatic N) is 1. The van der Waals surface area contributed by atoms with Gasteiger partial charge < -0.3 is 10.6 Å². The second kappa shape index (κ2) is 3.46. The minimum absolute atomic E-state index is 0.0521. The molecule has 15 heavy (non-hydrogen) atoms. The van der Waals surface area contributed by atoms with Crippen molar-refractivity contribution in [3.63, 3.8) is 0 Å². The third kappa shape index (κ3) is 1.88. The molecule has 0 aliphatic carbocycles. The Balaban J connectivity index is 2.24. The summed E-state index contributed by atoms with van der Waals surface area (Å²) in [5.74, 6) is 0.173. The van der Waals surface area contributed by atoms with E-state index in [0.29, 0.717) is 6.54 Å². The Morgan fingerprint density at radius 1 is 1.27 bits per heavy atom. The first-order valence-corrected chi connectivity index (χ1v) is 5.74. The predicted molar refractivity (Wildman–Crippen MR) is 59.4 cm³/mol. The minimum atomic E-state index is -0.0828. The van der Waals surface area contributed by atoms with Crippen LogP contribution in [0.1, 0.15) is 33.6 Å². The van der Waals surface area contributed by atoms with E-state index in [1.165, 1.54) is 0 Å². The monoisotopic (exact) mass is 211 g/mol. The summed E-state index contributed by atoms with van der Waals surface area (Å²) < 4.78 is 0. The number of amides is 1. The van der Waals surface area contributed by atoms with Gasteiger partial charge in [0, 0.05) is 5.54 Å². The van der Waals surface area contributed by atoms with Gasteiger partial charge in [-0.1, -0.05) is 0 Å². The second-order valence-corrected chi connectivity index (χ2v) is 5.59. The van der Waals surface area contributed by atoms with Gasteiger partial charge in [-0.25, -0.2) is 0 Å². The molecule has 4 heteroatoms. The lowest BCUT2D eigenvalue weighted by atomic mass is 9.92. The summed E-state index contributed by atoms with van der Waals surface area (Å²) in [7, 11) is 0. The summed E-state index contributed by atoms with van der Waals surface area (Å²) >= 11 is 0. The van der Waals surface area contributed by atoms with Crippen molar-refractivity contribution in [1.82, 2.24) is 15.5 Å². The number of carbonyl (C=O) groups excluding carboxylic acids is 1.